The Morgan fingerprint density at radius 2 is 2.14 bits per heavy atom. The number of rotatable bonds is 4. The Morgan fingerprint density at radius 1 is 1.28 bits per heavy atom. The summed E-state index contributed by atoms with van der Waals surface area (Å²) < 4.78 is 24.7. The third-order valence-electron chi connectivity index (χ3n) is 4.62. The zero-order valence-corrected chi connectivity index (χ0v) is 16.1. The van der Waals surface area contributed by atoms with Crippen molar-refractivity contribution in [2.45, 2.75) is 18.9 Å². The molecule has 1 amide bonds. The van der Waals surface area contributed by atoms with E-state index < -0.39 is 5.82 Å². The zero-order chi connectivity index (χ0) is 20.4. The van der Waals surface area contributed by atoms with Gasteiger partial charge in [-0.15, -0.1) is 0 Å². The van der Waals surface area contributed by atoms with Crippen LogP contribution >= 0.6 is 11.6 Å². The van der Waals surface area contributed by atoms with Crippen molar-refractivity contribution in [3.8, 4) is 5.75 Å². The van der Waals surface area contributed by atoms with Crippen molar-refractivity contribution >= 4 is 34.2 Å². The molecule has 2 heterocycles. The molecule has 0 spiro atoms. The number of amides is 1. The summed E-state index contributed by atoms with van der Waals surface area (Å²) in [5, 5.41) is 13.3. The highest BCUT2D eigenvalue weighted by atomic mass is 35.5. The van der Waals surface area contributed by atoms with Crippen LogP contribution in [0.15, 0.2) is 51.9 Å². The number of nitrogens with one attached hydrogen (secondary N) is 1. The van der Waals surface area contributed by atoms with Gasteiger partial charge < -0.3 is 19.6 Å². The number of carbonyl (C=O) groups is 1. The lowest BCUT2D eigenvalue weighted by Crippen LogP contribution is -2.34. The molecular formula is C21H18ClFN2O4. The largest absolute Gasteiger partial charge is 0.508 e. The first-order valence-corrected chi connectivity index (χ1v) is 9.54. The lowest BCUT2D eigenvalue weighted by molar-refractivity contribution is 0.0854. The van der Waals surface area contributed by atoms with E-state index in [1.165, 1.54) is 24.3 Å². The summed E-state index contributed by atoms with van der Waals surface area (Å²) in [6.45, 7) is 1.07. The van der Waals surface area contributed by atoms with Crippen LogP contribution in [0.25, 0.3) is 11.0 Å². The number of halogens is 2. The van der Waals surface area contributed by atoms with Crippen LogP contribution < -0.4 is 10.9 Å². The number of fused-ring (bicyclic) bond motifs is 1. The number of benzene rings is 2. The first-order valence-electron chi connectivity index (χ1n) is 9.16. The molecule has 0 bridgehead atoms. The molecule has 1 fully saturated rings. The number of hydrogen-bond donors (Lipinski definition) is 2. The molecule has 0 radical (unpaired) electrons. The summed E-state index contributed by atoms with van der Waals surface area (Å²) in [6, 6.07) is 9.93. The van der Waals surface area contributed by atoms with Crippen LogP contribution in [0.4, 0.5) is 10.1 Å². The Hall–Kier alpha value is -2.90. The smallest absolute Gasteiger partial charge is 0.256 e. The van der Waals surface area contributed by atoms with E-state index in [9.17, 15) is 14.3 Å². The number of aromatic hydroxyl groups is 1. The molecule has 3 aromatic rings. The predicted molar refractivity (Wildman–Crippen MR) is 106 cm³/mol. The van der Waals surface area contributed by atoms with Gasteiger partial charge in [-0.1, -0.05) is 11.6 Å². The maximum absolute atomic E-state index is 13.3. The molecule has 29 heavy (non-hydrogen) atoms. The van der Waals surface area contributed by atoms with Gasteiger partial charge in [0.15, 0.2) is 0 Å². The lowest BCUT2D eigenvalue weighted by atomic mass is 10.1. The van der Waals surface area contributed by atoms with Gasteiger partial charge in [-0.05, 0) is 49.2 Å². The number of carbonyl (C=O) groups excluding carboxylic acids is 1. The Labute approximate surface area is 170 Å². The maximum Gasteiger partial charge on any atom is 0.256 e. The molecule has 8 heteroatoms. The van der Waals surface area contributed by atoms with Gasteiger partial charge >= 0.3 is 0 Å². The average Bonchev–Trinajstić information content (AvgIpc) is 3.21. The van der Waals surface area contributed by atoms with Crippen molar-refractivity contribution in [2.24, 2.45) is 4.99 Å². The van der Waals surface area contributed by atoms with Gasteiger partial charge in [0.25, 0.3) is 5.91 Å². The van der Waals surface area contributed by atoms with Crippen LogP contribution in [-0.4, -0.2) is 30.3 Å². The zero-order valence-electron chi connectivity index (χ0n) is 15.3. The van der Waals surface area contributed by atoms with Gasteiger partial charge in [0.1, 0.15) is 22.7 Å². The number of hydrogen-bond acceptors (Lipinski definition) is 5. The van der Waals surface area contributed by atoms with Crippen molar-refractivity contribution in [1.82, 2.24) is 5.32 Å². The minimum Gasteiger partial charge on any atom is -0.508 e. The van der Waals surface area contributed by atoms with E-state index in [4.69, 9.17) is 20.8 Å². The molecule has 6 nitrogen and oxygen atoms in total. The second-order valence-electron chi connectivity index (χ2n) is 6.74. The fourth-order valence-electron chi connectivity index (χ4n) is 3.14. The van der Waals surface area contributed by atoms with E-state index >= 15 is 0 Å². The van der Waals surface area contributed by atoms with E-state index in [1.54, 1.807) is 12.1 Å². The fourth-order valence-corrected chi connectivity index (χ4v) is 3.35. The SMILES string of the molecule is O=C(NC[C@@H]1CCCO1)c1cc2ccc(O)cc2oc1=Nc1ccc(F)cc1Cl. The van der Waals surface area contributed by atoms with Crippen LogP contribution in [0.3, 0.4) is 0 Å². The number of phenols is 1. The van der Waals surface area contributed by atoms with Crippen LogP contribution in [0, 0.1) is 5.82 Å². The van der Waals surface area contributed by atoms with Crippen LogP contribution in [0.5, 0.6) is 5.75 Å². The molecule has 0 aliphatic carbocycles. The molecule has 1 aliphatic heterocycles. The second kappa shape index (κ2) is 8.23. The second-order valence-corrected chi connectivity index (χ2v) is 7.15. The molecule has 4 rings (SSSR count). The third kappa shape index (κ3) is 4.41. The normalized spacial score (nSPS) is 17.0. The summed E-state index contributed by atoms with van der Waals surface area (Å²) in [6.07, 6.45) is 1.85. The van der Waals surface area contributed by atoms with Gasteiger partial charge in [-0.2, -0.15) is 0 Å². The van der Waals surface area contributed by atoms with Crippen molar-refractivity contribution in [2.75, 3.05) is 13.2 Å². The van der Waals surface area contributed by atoms with Crippen LogP contribution in [-0.2, 0) is 4.74 Å². The first-order chi connectivity index (χ1) is 14.0. The van der Waals surface area contributed by atoms with Gasteiger partial charge in [0.05, 0.1) is 16.8 Å². The molecule has 1 aromatic heterocycles. The molecule has 0 unspecified atom stereocenters. The van der Waals surface area contributed by atoms with E-state index in [0.717, 1.165) is 18.9 Å². The van der Waals surface area contributed by atoms with Crippen molar-refractivity contribution in [3.63, 3.8) is 0 Å². The van der Waals surface area contributed by atoms with E-state index in [1.807, 2.05) is 0 Å². The summed E-state index contributed by atoms with van der Waals surface area (Å²) >= 11 is 6.07. The minimum absolute atomic E-state index is 0.00134. The van der Waals surface area contributed by atoms with Crippen molar-refractivity contribution in [3.05, 3.63) is 64.4 Å². The summed E-state index contributed by atoms with van der Waals surface area (Å²) in [5.41, 5.74) is 0.796. The average molecular weight is 417 g/mol. The molecule has 150 valence electrons. The Kier molecular flexibility index (Phi) is 5.51. The number of ether oxygens (including phenoxy) is 1. The van der Waals surface area contributed by atoms with Gasteiger partial charge in [-0.25, -0.2) is 9.38 Å². The highest BCUT2D eigenvalue weighted by Crippen LogP contribution is 2.25. The number of nitrogens with zero attached hydrogens (tertiary/aromatic N) is 1. The quantitative estimate of drug-likeness (QED) is 0.671. The summed E-state index contributed by atoms with van der Waals surface area (Å²) in [5.74, 6) is -0.859. The molecule has 1 saturated heterocycles. The van der Waals surface area contributed by atoms with Gasteiger partial charge in [0, 0.05) is 24.6 Å². The molecule has 1 aliphatic rings. The van der Waals surface area contributed by atoms with Gasteiger partial charge in [-0.3, -0.25) is 4.79 Å². The predicted octanol–water partition coefficient (Wildman–Crippen LogP) is 4.07. The highest BCUT2D eigenvalue weighted by molar-refractivity contribution is 6.32. The van der Waals surface area contributed by atoms with Crippen LogP contribution in [0.1, 0.15) is 23.2 Å². The molecule has 1 atom stereocenters. The highest BCUT2D eigenvalue weighted by Gasteiger charge is 2.19. The van der Waals surface area contributed by atoms with Crippen molar-refractivity contribution in [1.29, 1.82) is 0 Å². The van der Waals surface area contributed by atoms with Gasteiger partial charge in [0.2, 0.25) is 5.55 Å². The topological polar surface area (TPSA) is 84.1 Å². The first kappa shape index (κ1) is 19.4. The van der Waals surface area contributed by atoms with Crippen LogP contribution in [0.2, 0.25) is 5.02 Å². The Balaban J connectivity index is 1.78. The monoisotopic (exact) mass is 416 g/mol. The summed E-state index contributed by atoms with van der Waals surface area (Å²) in [4.78, 5) is 17.2. The minimum atomic E-state index is -0.496. The molecule has 2 aromatic carbocycles. The standard InChI is InChI=1S/C21H18ClFN2O4/c22-17-9-13(23)4-6-18(17)25-21-16(20(27)24-11-15-2-1-7-28-15)8-12-3-5-14(26)10-19(12)29-21/h3-6,8-10,15,26H,1-2,7,11H2,(H,24,27)/t15-/m0/s1. The van der Waals surface area contributed by atoms with Crippen molar-refractivity contribution < 1.29 is 23.4 Å². The van der Waals surface area contributed by atoms with E-state index in [-0.39, 0.29) is 39.6 Å². The molecule has 2 N–H and O–H groups in total. The maximum atomic E-state index is 13.3. The molecule has 0 saturated carbocycles. The lowest BCUT2D eigenvalue weighted by Gasteiger charge is -2.11. The van der Waals surface area contributed by atoms with E-state index in [2.05, 4.69) is 10.3 Å². The molecular weight excluding hydrogens is 399 g/mol. The van der Waals surface area contributed by atoms with E-state index in [0.29, 0.717) is 24.1 Å². The Bertz CT molecular complexity index is 1140. The third-order valence-corrected chi connectivity index (χ3v) is 4.93. The number of phenolic OH excluding ortho intramolecular Hbond substituents is 1. The Morgan fingerprint density at radius 3 is 2.90 bits per heavy atom. The summed E-state index contributed by atoms with van der Waals surface area (Å²) in [7, 11) is 0. The fraction of sp³-hybridized carbons (Fsp3) is 0.238.